The minimum Gasteiger partial charge on any atom is -0.490 e. The predicted molar refractivity (Wildman–Crippen MR) is 93.8 cm³/mol. The van der Waals surface area contributed by atoms with Crippen LogP contribution in [0.3, 0.4) is 0 Å². The van der Waals surface area contributed by atoms with Gasteiger partial charge in [0.05, 0.1) is 15.9 Å². The van der Waals surface area contributed by atoms with E-state index in [0.717, 1.165) is 38.4 Å². The fourth-order valence-electron chi connectivity index (χ4n) is 2.47. The van der Waals surface area contributed by atoms with Gasteiger partial charge in [0.15, 0.2) is 10.7 Å². The summed E-state index contributed by atoms with van der Waals surface area (Å²) in [6.45, 7) is 2.78. The molecule has 2 aromatic carbocycles. The summed E-state index contributed by atoms with van der Waals surface area (Å²) in [5.74, 6) is 1.50. The number of hydrogen-bond acceptors (Lipinski definition) is 7. The van der Waals surface area contributed by atoms with E-state index in [2.05, 4.69) is 10.1 Å². The molecule has 4 aromatic rings. The van der Waals surface area contributed by atoms with Gasteiger partial charge in [-0.15, -0.1) is 0 Å². The number of hydrogen-bond donors (Lipinski definition) is 1. The summed E-state index contributed by atoms with van der Waals surface area (Å²) in [5.41, 5.74) is 8.18. The van der Waals surface area contributed by atoms with Crippen molar-refractivity contribution in [1.29, 1.82) is 0 Å². The van der Waals surface area contributed by atoms with Crippen LogP contribution in [0.4, 0.5) is 5.13 Å². The van der Waals surface area contributed by atoms with Gasteiger partial charge in [-0.2, -0.15) is 0 Å². The average Bonchev–Trinajstić information content (AvgIpc) is 3.13. The first kappa shape index (κ1) is 14.8. The van der Waals surface area contributed by atoms with E-state index in [1.807, 2.05) is 43.3 Å². The molecule has 0 bridgehead atoms. The topological polar surface area (TPSA) is 83.4 Å². The third-order valence-electron chi connectivity index (χ3n) is 3.62. The maximum Gasteiger partial charge on any atom is 0.181 e. The Bertz CT molecular complexity index is 996. The molecular formula is C17H15N3O3S. The van der Waals surface area contributed by atoms with E-state index >= 15 is 0 Å². The van der Waals surface area contributed by atoms with Crippen LogP contribution in [0.25, 0.3) is 21.2 Å². The number of fused-ring (bicyclic) bond motifs is 2. The van der Waals surface area contributed by atoms with Crippen LogP contribution in [0.1, 0.15) is 5.69 Å². The number of nitrogens with zero attached hydrogens (tertiary/aromatic N) is 2. The van der Waals surface area contributed by atoms with Crippen molar-refractivity contribution < 1.29 is 14.0 Å². The maximum absolute atomic E-state index is 5.71. The highest BCUT2D eigenvalue weighted by atomic mass is 32.1. The molecule has 0 unspecified atom stereocenters. The molecule has 2 heterocycles. The first-order valence-corrected chi connectivity index (χ1v) is 8.28. The van der Waals surface area contributed by atoms with Crippen LogP contribution in [0.2, 0.25) is 0 Å². The lowest BCUT2D eigenvalue weighted by Crippen LogP contribution is -2.08. The Balaban J connectivity index is 1.35. The molecule has 7 heteroatoms. The first-order valence-electron chi connectivity index (χ1n) is 7.47. The van der Waals surface area contributed by atoms with Crippen LogP contribution >= 0.6 is 11.3 Å². The van der Waals surface area contributed by atoms with E-state index in [0.29, 0.717) is 18.3 Å². The molecule has 4 rings (SSSR count). The second-order valence-electron chi connectivity index (χ2n) is 5.30. The highest BCUT2D eigenvalue weighted by molar-refractivity contribution is 7.22. The first-order chi connectivity index (χ1) is 11.7. The number of anilines is 1. The normalized spacial score (nSPS) is 11.2. The third kappa shape index (κ3) is 2.85. The lowest BCUT2D eigenvalue weighted by molar-refractivity contribution is 0.217. The van der Waals surface area contributed by atoms with Crippen LogP contribution in [-0.2, 0) is 0 Å². The monoisotopic (exact) mass is 341 g/mol. The SMILES string of the molecule is Cc1noc2cc(OCCOc3ccc4nc(N)sc4c3)ccc12. The zero-order valence-electron chi connectivity index (χ0n) is 13.0. The number of aryl methyl sites for hydroxylation is 1. The summed E-state index contributed by atoms with van der Waals surface area (Å²) in [5, 5.41) is 5.49. The van der Waals surface area contributed by atoms with Crippen LogP contribution in [-0.4, -0.2) is 23.4 Å². The van der Waals surface area contributed by atoms with E-state index < -0.39 is 0 Å². The van der Waals surface area contributed by atoms with Gasteiger partial charge in [-0.3, -0.25) is 0 Å². The van der Waals surface area contributed by atoms with Gasteiger partial charge in [-0.05, 0) is 37.3 Å². The molecule has 0 fully saturated rings. The number of aromatic nitrogens is 2. The number of nitrogen functional groups attached to an aromatic ring is 1. The second kappa shape index (κ2) is 6.01. The molecule has 0 saturated carbocycles. The van der Waals surface area contributed by atoms with E-state index in [1.165, 1.54) is 11.3 Å². The molecule has 0 aliphatic heterocycles. The molecular weight excluding hydrogens is 326 g/mol. The summed E-state index contributed by atoms with van der Waals surface area (Å²) in [6.07, 6.45) is 0. The van der Waals surface area contributed by atoms with Gasteiger partial charge >= 0.3 is 0 Å². The number of nitrogens with two attached hydrogens (primary N) is 1. The molecule has 0 amide bonds. The van der Waals surface area contributed by atoms with Crippen molar-refractivity contribution in [1.82, 2.24) is 10.1 Å². The number of rotatable bonds is 5. The van der Waals surface area contributed by atoms with Crippen molar-refractivity contribution >= 4 is 37.7 Å². The molecule has 24 heavy (non-hydrogen) atoms. The summed E-state index contributed by atoms with van der Waals surface area (Å²) in [4.78, 5) is 4.22. The number of thiazole rings is 1. The van der Waals surface area contributed by atoms with Crippen molar-refractivity contribution in [2.24, 2.45) is 0 Å². The van der Waals surface area contributed by atoms with Crippen LogP contribution < -0.4 is 15.2 Å². The van der Waals surface area contributed by atoms with Gasteiger partial charge < -0.3 is 19.7 Å². The minimum absolute atomic E-state index is 0.432. The summed E-state index contributed by atoms with van der Waals surface area (Å²) >= 11 is 1.44. The zero-order chi connectivity index (χ0) is 16.5. The van der Waals surface area contributed by atoms with E-state index in [9.17, 15) is 0 Å². The van der Waals surface area contributed by atoms with Gasteiger partial charge in [0.2, 0.25) is 0 Å². The van der Waals surface area contributed by atoms with Crippen molar-refractivity contribution in [2.75, 3.05) is 18.9 Å². The Morgan fingerprint density at radius 3 is 2.67 bits per heavy atom. The molecule has 0 spiro atoms. The Hall–Kier alpha value is -2.80. The highest BCUT2D eigenvalue weighted by Crippen LogP contribution is 2.27. The maximum atomic E-state index is 5.71. The molecule has 2 N–H and O–H groups in total. The van der Waals surface area contributed by atoms with E-state index in [4.69, 9.17) is 19.7 Å². The molecule has 2 aromatic heterocycles. The van der Waals surface area contributed by atoms with Crippen molar-refractivity contribution in [3.05, 3.63) is 42.1 Å². The molecule has 0 aliphatic rings. The van der Waals surface area contributed by atoms with Crippen molar-refractivity contribution in [2.45, 2.75) is 6.92 Å². The van der Waals surface area contributed by atoms with Crippen LogP contribution in [0.5, 0.6) is 11.5 Å². The molecule has 0 aliphatic carbocycles. The smallest absolute Gasteiger partial charge is 0.181 e. The lowest BCUT2D eigenvalue weighted by Gasteiger charge is -2.08. The highest BCUT2D eigenvalue weighted by Gasteiger charge is 2.06. The Morgan fingerprint density at radius 1 is 1.08 bits per heavy atom. The van der Waals surface area contributed by atoms with Gasteiger partial charge in [0, 0.05) is 11.5 Å². The van der Waals surface area contributed by atoms with Gasteiger partial charge in [0.25, 0.3) is 0 Å². The molecule has 122 valence electrons. The fourth-order valence-corrected chi connectivity index (χ4v) is 3.23. The third-order valence-corrected chi connectivity index (χ3v) is 4.47. The van der Waals surface area contributed by atoms with Gasteiger partial charge in [-0.25, -0.2) is 4.98 Å². The van der Waals surface area contributed by atoms with Gasteiger partial charge in [0.1, 0.15) is 24.7 Å². The Morgan fingerprint density at radius 2 is 1.83 bits per heavy atom. The average molecular weight is 341 g/mol. The summed E-state index contributed by atoms with van der Waals surface area (Å²) in [7, 11) is 0. The van der Waals surface area contributed by atoms with Crippen LogP contribution in [0, 0.1) is 6.92 Å². The lowest BCUT2D eigenvalue weighted by atomic mass is 10.2. The van der Waals surface area contributed by atoms with Crippen molar-refractivity contribution in [3.8, 4) is 11.5 Å². The number of ether oxygens (including phenoxy) is 2. The van der Waals surface area contributed by atoms with Crippen LogP contribution in [0.15, 0.2) is 40.9 Å². The Labute approximate surface area is 141 Å². The molecule has 0 saturated heterocycles. The molecule has 0 atom stereocenters. The van der Waals surface area contributed by atoms with Gasteiger partial charge in [-0.1, -0.05) is 16.5 Å². The minimum atomic E-state index is 0.432. The number of benzene rings is 2. The summed E-state index contributed by atoms with van der Waals surface area (Å²) in [6, 6.07) is 11.4. The largest absolute Gasteiger partial charge is 0.490 e. The standard InChI is InChI=1S/C17H15N3O3S/c1-10-13-4-2-11(8-15(13)23-20-10)21-6-7-22-12-3-5-14-16(9-12)24-17(18)19-14/h2-5,8-9H,6-7H2,1H3,(H2,18,19). The molecule has 6 nitrogen and oxygen atoms in total. The quantitative estimate of drug-likeness (QED) is 0.556. The van der Waals surface area contributed by atoms with E-state index in [-0.39, 0.29) is 0 Å². The second-order valence-corrected chi connectivity index (χ2v) is 6.37. The Kier molecular flexibility index (Phi) is 3.70. The summed E-state index contributed by atoms with van der Waals surface area (Å²) < 4.78 is 17.7. The zero-order valence-corrected chi connectivity index (χ0v) is 13.8. The predicted octanol–water partition coefficient (Wildman–Crippen LogP) is 3.79. The molecule has 0 radical (unpaired) electrons. The van der Waals surface area contributed by atoms with E-state index in [1.54, 1.807) is 0 Å². The fraction of sp³-hybridized carbons (Fsp3) is 0.176. The van der Waals surface area contributed by atoms with Crippen molar-refractivity contribution in [3.63, 3.8) is 0 Å².